The number of pyridine rings is 1. The number of hydrogen-bond acceptors (Lipinski definition) is 5. The lowest BCUT2D eigenvalue weighted by Crippen LogP contribution is -2.37. The third-order valence-electron chi connectivity index (χ3n) is 4.45. The van der Waals surface area contributed by atoms with Crippen LogP contribution in [0.2, 0.25) is 0 Å². The highest BCUT2D eigenvalue weighted by molar-refractivity contribution is 6.00. The fraction of sp³-hybridized carbons (Fsp3) is 0.263. The van der Waals surface area contributed by atoms with Gasteiger partial charge in [-0.1, -0.05) is 6.07 Å². The van der Waals surface area contributed by atoms with Crippen LogP contribution in [0.5, 0.6) is 11.5 Å². The molecular weight excluding hydrogens is 332 g/mol. The summed E-state index contributed by atoms with van der Waals surface area (Å²) in [5.41, 5.74) is 7.48. The standard InChI is InChI=1S/C19H20N4O3/c1-25-15-6-5-13(22-18(24)19(20)7-8-19)10-16(15)26-12-14-11-23-9-3-2-4-17(23)21-14/h2-6,9-11H,7-8,12,20H2,1H3,(H,22,24). The Morgan fingerprint density at radius 2 is 2.15 bits per heavy atom. The number of fused-ring (bicyclic) bond motifs is 1. The van der Waals surface area contributed by atoms with E-state index in [0.29, 0.717) is 30.0 Å². The van der Waals surface area contributed by atoms with E-state index in [2.05, 4.69) is 10.3 Å². The molecule has 3 N–H and O–H groups in total. The van der Waals surface area contributed by atoms with Gasteiger partial charge in [-0.3, -0.25) is 4.79 Å². The summed E-state index contributed by atoms with van der Waals surface area (Å²) < 4.78 is 13.2. The number of amides is 1. The summed E-state index contributed by atoms with van der Waals surface area (Å²) in [6.07, 6.45) is 5.28. The zero-order valence-corrected chi connectivity index (χ0v) is 14.4. The summed E-state index contributed by atoms with van der Waals surface area (Å²) in [5, 5.41) is 2.84. The third kappa shape index (κ3) is 3.21. The lowest BCUT2D eigenvalue weighted by Gasteiger charge is -2.14. The van der Waals surface area contributed by atoms with Crippen molar-refractivity contribution in [3.63, 3.8) is 0 Å². The van der Waals surface area contributed by atoms with Gasteiger partial charge in [0.1, 0.15) is 12.3 Å². The fourth-order valence-corrected chi connectivity index (χ4v) is 2.69. The van der Waals surface area contributed by atoms with Gasteiger partial charge in [-0.25, -0.2) is 4.98 Å². The van der Waals surface area contributed by atoms with Crippen molar-refractivity contribution < 1.29 is 14.3 Å². The number of ether oxygens (including phenoxy) is 2. The molecule has 0 atom stereocenters. The van der Waals surface area contributed by atoms with Crippen molar-refractivity contribution in [2.24, 2.45) is 5.73 Å². The number of nitrogens with one attached hydrogen (secondary N) is 1. The van der Waals surface area contributed by atoms with Crippen molar-refractivity contribution >= 4 is 17.2 Å². The minimum Gasteiger partial charge on any atom is -0.493 e. The number of benzene rings is 1. The van der Waals surface area contributed by atoms with E-state index in [-0.39, 0.29) is 12.5 Å². The van der Waals surface area contributed by atoms with Gasteiger partial charge in [-0.2, -0.15) is 0 Å². The van der Waals surface area contributed by atoms with Gasteiger partial charge in [0.15, 0.2) is 11.5 Å². The van der Waals surface area contributed by atoms with E-state index in [9.17, 15) is 4.79 Å². The molecule has 2 heterocycles. The Bertz CT molecular complexity index is 929. The van der Waals surface area contributed by atoms with Gasteiger partial charge in [-0.15, -0.1) is 0 Å². The van der Waals surface area contributed by atoms with E-state index >= 15 is 0 Å². The first-order chi connectivity index (χ1) is 12.6. The van der Waals surface area contributed by atoms with Crippen LogP contribution >= 0.6 is 0 Å². The molecule has 1 aliphatic rings. The summed E-state index contributed by atoms with van der Waals surface area (Å²) >= 11 is 0. The highest BCUT2D eigenvalue weighted by Gasteiger charge is 2.45. The number of carbonyl (C=O) groups is 1. The van der Waals surface area contributed by atoms with E-state index in [1.807, 2.05) is 35.0 Å². The zero-order valence-electron chi connectivity index (χ0n) is 14.4. The van der Waals surface area contributed by atoms with Gasteiger partial charge < -0.3 is 24.9 Å². The number of aromatic nitrogens is 2. The van der Waals surface area contributed by atoms with Gasteiger partial charge >= 0.3 is 0 Å². The van der Waals surface area contributed by atoms with Crippen LogP contribution < -0.4 is 20.5 Å². The lowest BCUT2D eigenvalue weighted by molar-refractivity contribution is -0.118. The molecule has 1 aliphatic carbocycles. The van der Waals surface area contributed by atoms with Gasteiger partial charge in [0, 0.05) is 24.1 Å². The monoisotopic (exact) mass is 352 g/mol. The Hall–Kier alpha value is -3.06. The van der Waals surface area contributed by atoms with Crippen LogP contribution in [0.1, 0.15) is 18.5 Å². The van der Waals surface area contributed by atoms with Crippen LogP contribution in [-0.4, -0.2) is 27.9 Å². The largest absolute Gasteiger partial charge is 0.493 e. The molecule has 3 aromatic rings. The molecule has 26 heavy (non-hydrogen) atoms. The SMILES string of the molecule is COc1ccc(NC(=O)C2(N)CC2)cc1OCc1cn2ccccc2n1. The number of nitrogens with zero attached hydrogens (tertiary/aromatic N) is 2. The zero-order chi connectivity index (χ0) is 18.1. The normalized spacial score (nSPS) is 14.8. The Kier molecular flexibility index (Phi) is 4.00. The smallest absolute Gasteiger partial charge is 0.244 e. The van der Waals surface area contributed by atoms with E-state index in [4.69, 9.17) is 15.2 Å². The quantitative estimate of drug-likeness (QED) is 0.711. The lowest BCUT2D eigenvalue weighted by atomic mass is 10.2. The first-order valence-corrected chi connectivity index (χ1v) is 8.41. The van der Waals surface area contributed by atoms with Gasteiger partial charge in [-0.05, 0) is 37.1 Å². The fourth-order valence-electron chi connectivity index (χ4n) is 2.69. The van der Waals surface area contributed by atoms with E-state index < -0.39 is 5.54 Å². The second kappa shape index (κ2) is 6.34. The van der Waals surface area contributed by atoms with Crippen LogP contribution in [0.3, 0.4) is 0 Å². The predicted molar refractivity (Wildman–Crippen MR) is 97.3 cm³/mol. The molecule has 1 saturated carbocycles. The molecule has 1 aromatic carbocycles. The summed E-state index contributed by atoms with van der Waals surface area (Å²) in [7, 11) is 1.57. The third-order valence-corrected chi connectivity index (χ3v) is 4.45. The minimum absolute atomic E-state index is 0.172. The topological polar surface area (TPSA) is 90.9 Å². The molecule has 0 aliphatic heterocycles. The number of anilines is 1. The summed E-state index contributed by atoms with van der Waals surface area (Å²) in [6.45, 7) is 0.288. The Morgan fingerprint density at radius 3 is 2.88 bits per heavy atom. The molecule has 0 spiro atoms. The summed E-state index contributed by atoms with van der Waals surface area (Å²) in [4.78, 5) is 16.6. The molecule has 0 bridgehead atoms. The average Bonchev–Trinajstić information content (AvgIpc) is 3.27. The molecule has 134 valence electrons. The first kappa shape index (κ1) is 16.4. The van der Waals surface area contributed by atoms with E-state index in [0.717, 1.165) is 11.3 Å². The minimum atomic E-state index is -0.725. The van der Waals surface area contributed by atoms with Crippen LogP contribution in [0, 0.1) is 0 Å². The highest BCUT2D eigenvalue weighted by atomic mass is 16.5. The average molecular weight is 352 g/mol. The van der Waals surface area contributed by atoms with Crippen molar-refractivity contribution in [3.05, 3.63) is 54.5 Å². The molecular formula is C19H20N4O3. The van der Waals surface area contributed by atoms with Crippen LogP contribution in [0.4, 0.5) is 5.69 Å². The maximum Gasteiger partial charge on any atom is 0.244 e. The van der Waals surface area contributed by atoms with E-state index in [1.165, 1.54) is 0 Å². The van der Waals surface area contributed by atoms with Crippen molar-refractivity contribution in [1.82, 2.24) is 9.38 Å². The summed E-state index contributed by atoms with van der Waals surface area (Å²) in [6, 6.07) is 11.1. The van der Waals surface area contributed by atoms with Crippen LogP contribution in [-0.2, 0) is 11.4 Å². The van der Waals surface area contributed by atoms with Gasteiger partial charge in [0.05, 0.1) is 18.3 Å². The van der Waals surface area contributed by atoms with Crippen molar-refractivity contribution in [1.29, 1.82) is 0 Å². The van der Waals surface area contributed by atoms with E-state index in [1.54, 1.807) is 25.3 Å². The van der Waals surface area contributed by atoms with Gasteiger partial charge in [0.25, 0.3) is 0 Å². The molecule has 2 aromatic heterocycles. The Balaban J connectivity index is 1.50. The molecule has 4 rings (SSSR count). The number of hydrogen-bond donors (Lipinski definition) is 2. The molecule has 1 amide bonds. The number of carbonyl (C=O) groups excluding carboxylic acids is 1. The maximum atomic E-state index is 12.1. The molecule has 7 nitrogen and oxygen atoms in total. The van der Waals surface area contributed by atoms with Crippen molar-refractivity contribution in [3.8, 4) is 11.5 Å². The second-order valence-corrected chi connectivity index (χ2v) is 6.46. The number of imidazole rings is 1. The highest BCUT2D eigenvalue weighted by Crippen LogP contribution is 2.35. The van der Waals surface area contributed by atoms with Gasteiger partial charge in [0.2, 0.25) is 5.91 Å². The molecule has 1 fully saturated rings. The summed E-state index contributed by atoms with van der Waals surface area (Å²) in [5.74, 6) is 0.943. The number of nitrogens with two attached hydrogens (primary N) is 1. The molecule has 0 unspecified atom stereocenters. The Morgan fingerprint density at radius 1 is 1.31 bits per heavy atom. The Labute approximate surface area is 150 Å². The maximum absolute atomic E-state index is 12.1. The second-order valence-electron chi connectivity index (χ2n) is 6.46. The van der Waals surface area contributed by atoms with Crippen molar-refractivity contribution in [2.45, 2.75) is 25.0 Å². The van der Waals surface area contributed by atoms with Crippen LogP contribution in [0.15, 0.2) is 48.8 Å². The molecule has 7 heteroatoms. The first-order valence-electron chi connectivity index (χ1n) is 8.41. The van der Waals surface area contributed by atoms with Crippen LogP contribution in [0.25, 0.3) is 5.65 Å². The number of rotatable bonds is 6. The number of methoxy groups -OCH3 is 1. The van der Waals surface area contributed by atoms with Crippen molar-refractivity contribution in [2.75, 3.05) is 12.4 Å². The predicted octanol–water partition coefficient (Wildman–Crippen LogP) is 2.35. The molecule has 0 radical (unpaired) electrons. The molecule has 0 saturated heterocycles.